The molecule has 10 heteroatoms. The third-order valence-electron chi connectivity index (χ3n) is 10.4. The number of hydrogen-bond acceptors (Lipinski definition) is 5. The molecule has 0 aliphatic heterocycles. The molecule has 2 aromatic heterocycles. The predicted molar refractivity (Wildman–Crippen MR) is 175 cm³/mol. The van der Waals surface area contributed by atoms with Crippen LogP contribution in [0.15, 0.2) is 54.9 Å². The lowest BCUT2D eigenvalue weighted by atomic mass is 9.78. The number of carbonyl (C=O) groups is 2. The molecule has 2 heterocycles. The Labute approximate surface area is 269 Å². The summed E-state index contributed by atoms with van der Waals surface area (Å²) in [6.45, 7) is 0.668. The van der Waals surface area contributed by atoms with Crippen LogP contribution in [0.3, 0.4) is 0 Å². The van der Waals surface area contributed by atoms with Crippen molar-refractivity contribution in [2.24, 2.45) is 18.9 Å². The van der Waals surface area contributed by atoms with Crippen molar-refractivity contribution < 1.29 is 18.7 Å². The second-order valence-corrected chi connectivity index (χ2v) is 13.5. The molecule has 3 saturated carbocycles. The zero-order chi connectivity index (χ0) is 31.8. The molecule has 3 fully saturated rings. The highest BCUT2D eigenvalue weighted by Gasteiger charge is 2.34. The molecule has 242 valence electrons. The number of aryl methyl sites for hydroxylation is 1. The fraction of sp³-hybridized carbons (Fsp3) is 0.500. The van der Waals surface area contributed by atoms with E-state index in [-0.39, 0.29) is 17.9 Å². The molecule has 1 N–H and O–H groups in total. The van der Waals surface area contributed by atoms with E-state index >= 15 is 0 Å². The number of ether oxygens (including phenoxy) is 1. The molecule has 0 spiro atoms. The summed E-state index contributed by atoms with van der Waals surface area (Å²) in [5.74, 6) is 0.366. The standard InChI is InChI=1S/C36H43FN6O3/c1-38-36(45)46-31-15-10-25(11-16-31)35(44)42(30-5-3-4-26(18-30)28-20-39-43(22-28)29-13-14-29)21-23-6-8-24(9-7-23)27-12-17-33-32(19-27)34(37)40-41(33)2/h3-5,12,17-20,22-25,29,31H,6-11,13-16,21H2,1-2H3,(H,38,45). The minimum Gasteiger partial charge on any atom is -0.446 e. The van der Waals surface area contributed by atoms with E-state index in [4.69, 9.17) is 4.74 Å². The Kier molecular flexibility index (Phi) is 8.53. The van der Waals surface area contributed by atoms with Gasteiger partial charge in [-0.05, 0) is 111 Å². The monoisotopic (exact) mass is 626 g/mol. The molecule has 4 aromatic rings. The SMILES string of the molecule is CNC(=O)OC1CCC(C(=O)N(CC2CCC(c3ccc4c(c3)c(F)nn4C)CC2)c2cccc(-c3cnn(C4CC4)c3)c2)CC1. The topological polar surface area (TPSA) is 94.3 Å². The van der Waals surface area contributed by atoms with Crippen molar-refractivity contribution in [3.63, 3.8) is 0 Å². The highest BCUT2D eigenvalue weighted by Crippen LogP contribution is 2.40. The maximum absolute atomic E-state index is 14.4. The summed E-state index contributed by atoms with van der Waals surface area (Å²) >= 11 is 0. The van der Waals surface area contributed by atoms with Gasteiger partial charge in [-0.1, -0.05) is 18.2 Å². The highest BCUT2D eigenvalue weighted by atomic mass is 19.1. The molecule has 0 atom stereocenters. The third-order valence-corrected chi connectivity index (χ3v) is 10.4. The van der Waals surface area contributed by atoms with Gasteiger partial charge < -0.3 is 15.0 Å². The number of halogens is 1. The molecule has 0 unspecified atom stereocenters. The smallest absolute Gasteiger partial charge is 0.407 e. The molecule has 0 saturated heterocycles. The molecule has 7 rings (SSSR count). The van der Waals surface area contributed by atoms with Gasteiger partial charge in [0.1, 0.15) is 6.10 Å². The third kappa shape index (κ3) is 6.39. The van der Waals surface area contributed by atoms with E-state index in [1.54, 1.807) is 18.8 Å². The summed E-state index contributed by atoms with van der Waals surface area (Å²) < 4.78 is 23.6. The highest BCUT2D eigenvalue weighted by molar-refractivity contribution is 5.95. The Morgan fingerprint density at radius 3 is 2.50 bits per heavy atom. The second-order valence-electron chi connectivity index (χ2n) is 13.5. The lowest BCUT2D eigenvalue weighted by molar-refractivity contribution is -0.124. The number of nitrogens with one attached hydrogen (secondary N) is 1. The molecule has 46 heavy (non-hydrogen) atoms. The molecule has 3 aliphatic rings. The number of benzene rings is 2. The maximum atomic E-state index is 14.4. The van der Waals surface area contributed by atoms with E-state index in [1.165, 1.54) is 18.4 Å². The van der Waals surface area contributed by atoms with Crippen LogP contribution in [0.4, 0.5) is 14.9 Å². The first-order chi connectivity index (χ1) is 22.4. The average molecular weight is 627 g/mol. The van der Waals surface area contributed by atoms with Crippen LogP contribution in [0.25, 0.3) is 22.0 Å². The van der Waals surface area contributed by atoms with E-state index in [0.717, 1.165) is 48.0 Å². The summed E-state index contributed by atoms with van der Waals surface area (Å²) in [6, 6.07) is 14.9. The first-order valence-corrected chi connectivity index (χ1v) is 16.8. The number of carbonyl (C=O) groups excluding carboxylic acids is 2. The number of nitrogens with zero attached hydrogens (tertiary/aromatic N) is 5. The minimum atomic E-state index is -0.418. The van der Waals surface area contributed by atoms with E-state index in [9.17, 15) is 14.0 Å². The summed E-state index contributed by atoms with van der Waals surface area (Å²) in [5, 5.41) is 11.6. The van der Waals surface area contributed by atoms with Gasteiger partial charge in [0, 0.05) is 44.0 Å². The van der Waals surface area contributed by atoms with Crippen LogP contribution in [0, 0.1) is 17.8 Å². The molecule has 0 bridgehead atoms. The minimum absolute atomic E-state index is 0.108. The normalized spacial score (nSPS) is 23.3. The molecule has 0 radical (unpaired) electrons. The van der Waals surface area contributed by atoms with Crippen molar-refractivity contribution >= 4 is 28.6 Å². The summed E-state index contributed by atoms with van der Waals surface area (Å²) in [4.78, 5) is 28.1. The van der Waals surface area contributed by atoms with Gasteiger partial charge in [-0.15, -0.1) is 5.10 Å². The Morgan fingerprint density at radius 2 is 1.76 bits per heavy atom. The van der Waals surface area contributed by atoms with E-state index < -0.39 is 12.0 Å². The second kappa shape index (κ2) is 12.9. The first kappa shape index (κ1) is 30.4. The van der Waals surface area contributed by atoms with Crippen molar-refractivity contribution in [2.75, 3.05) is 18.5 Å². The summed E-state index contributed by atoms with van der Waals surface area (Å²) in [7, 11) is 3.33. The predicted octanol–water partition coefficient (Wildman–Crippen LogP) is 7.13. The van der Waals surface area contributed by atoms with Gasteiger partial charge in [0.25, 0.3) is 0 Å². The van der Waals surface area contributed by atoms with Crippen molar-refractivity contribution in [1.29, 1.82) is 0 Å². The van der Waals surface area contributed by atoms with Crippen LogP contribution < -0.4 is 10.2 Å². The zero-order valence-corrected chi connectivity index (χ0v) is 26.7. The molecular formula is C36H43FN6O3. The van der Waals surface area contributed by atoms with Crippen molar-refractivity contribution in [1.82, 2.24) is 24.9 Å². The van der Waals surface area contributed by atoms with E-state index in [0.29, 0.717) is 55.5 Å². The van der Waals surface area contributed by atoms with Crippen LogP contribution in [-0.4, -0.2) is 51.3 Å². The fourth-order valence-corrected chi connectivity index (χ4v) is 7.49. The molecule has 2 amide bonds. The number of fused-ring (bicyclic) bond motifs is 1. The van der Waals surface area contributed by atoms with Crippen LogP contribution >= 0.6 is 0 Å². The average Bonchev–Trinajstić information content (AvgIpc) is 3.75. The van der Waals surface area contributed by atoms with Crippen molar-refractivity contribution in [3.05, 3.63) is 66.4 Å². The molecular weight excluding hydrogens is 583 g/mol. The number of anilines is 1. The van der Waals surface area contributed by atoms with Crippen LogP contribution in [0.2, 0.25) is 0 Å². The Balaban J connectivity index is 1.07. The Hall–Kier alpha value is -4.21. The molecule has 9 nitrogen and oxygen atoms in total. The van der Waals surface area contributed by atoms with Gasteiger partial charge in [0.05, 0.1) is 23.1 Å². The number of aromatic nitrogens is 4. The Morgan fingerprint density at radius 1 is 0.978 bits per heavy atom. The van der Waals surface area contributed by atoms with Gasteiger partial charge >= 0.3 is 6.09 Å². The number of alkyl carbamates (subject to hydrolysis) is 1. The van der Waals surface area contributed by atoms with Gasteiger partial charge in [-0.3, -0.25) is 14.2 Å². The first-order valence-electron chi connectivity index (χ1n) is 16.8. The Bertz CT molecular complexity index is 1710. The van der Waals surface area contributed by atoms with Crippen LogP contribution in [0.5, 0.6) is 0 Å². The largest absolute Gasteiger partial charge is 0.446 e. The fourth-order valence-electron chi connectivity index (χ4n) is 7.49. The summed E-state index contributed by atoms with van der Waals surface area (Å²) in [6.07, 6.45) is 12.6. The van der Waals surface area contributed by atoms with E-state index in [2.05, 4.69) is 50.7 Å². The van der Waals surface area contributed by atoms with Crippen LogP contribution in [0.1, 0.15) is 81.7 Å². The molecule has 2 aromatic carbocycles. The number of amides is 2. The lowest BCUT2D eigenvalue weighted by Crippen LogP contribution is -2.42. The molecule has 3 aliphatic carbocycles. The zero-order valence-electron chi connectivity index (χ0n) is 26.7. The van der Waals surface area contributed by atoms with Gasteiger partial charge in [-0.25, -0.2) is 4.79 Å². The quantitative estimate of drug-likeness (QED) is 0.225. The number of rotatable bonds is 8. The van der Waals surface area contributed by atoms with Crippen molar-refractivity contribution in [3.8, 4) is 11.1 Å². The van der Waals surface area contributed by atoms with Gasteiger partial charge in [0.15, 0.2) is 0 Å². The maximum Gasteiger partial charge on any atom is 0.407 e. The van der Waals surface area contributed by atoms with Crippen molar-refractivity contribution in [2.45, 2.75) is 82.3 Å². The van der Waals surface area contributed by atoms with Gasteiger partial charge in [-0.2, -0.15) is 9.49 Å². The summed E-state index contributed by atoms with van der Waals surface area (Å²) in [5.41, 5.74) is 5.02. The number of hydrogen-bond donors (Lipinski definition) is 1. The van der Waals surface area contributed by atoms with Gasteiger partial charge in [0.2, 0.25) is 11.9 Å². The lowest BCUT2D eigenvalue weighted by Gasteiger charge is -2.36. The van der Waals surface area contributed by atoms with E-state index in [1.807, 2.05) is 29.3 Å². The van der Waals surface area contributed by atoms with Crippen LogP contribution in [-0.2, 0) is 16.6 Å².